The maximum absolute atomic E-state index is 12.1. The van der Waals surface area contributed by atoms with E-state index in [1.807, 2.05) is 0 Å². The molecule has 0 radical (unpaired) electrons. The molecule has 0 spiro atoms. The van der Waals surface area contributed by atoms with Gasteiger partial charge in [-0.3, -0.25) is 4.79 Å². The van der Waals surface area contributed by atoms with Crippen LogP contribution in [0.5, 0.6) is 0 Å². The second-order valence-corrected chi connectivity index (χ2v) is 6.45. The maximum Gasteiger partial charge on any atom is 0.272 e. The molecule has 0 aromatic carbocycles. The summed E-state index contributed by atoms with van der Waals surface area (Å²) in [6.45, 7) is 1.63. The zero-order valence-electron chi connectivity index (χ0n) is 10.4. The van der Waals surface area contributed by atoms with Crippen molar-refractivity contribution in [1.82, 2.24) is 10.3 Å². The van der Waals surface area contributed by atoms with Crippen molar-refractivity contribution in [2.75, 3.05) is 11.9 Å². The summed E-state index contributed by atoms with van der Waals surface area (Å²) in [5, 5.41) is 16.1. The number of fused-ring (bicyclic) bond motifs is 1. The number of carbonyl (C=O) groups excluding carboxylic acids is 1. The highest BCUT2D eigenvalue weighted by Crippen LogP contribution is 2.35. The standard InChI is InChI=1S/C13H11BrN4OS/c14-7-3-10(17-5-7)12(19)18-13-9(4-15)8-1-2-16-6-11(8)20-13/h3,5,16-17H,1-2,6H2,(H,18,19). The average Bonchev–Trinajstić information content (AvgIpc) is 3.01. The number of anilines is 1. The SMILES string of the molecule is N#Cc1c(NC(=O)c2cc(Br)c[nH]2)sc2c1CCNC2. The van der Waals surface area contributed by atoms with Crippen molar-refractivity contribution in [3.8, 4) is 6.07 Å². The largest absolute Gasteiger partial charge is 0.356 e. The van der Waals surface area contributed by atoms with Crippen molar-refractivity contribution in [2.24, 2.45) is 0 Å². The summed E-state index contributed by atoms with van der Waals surface area (Å²) >= 11 is 4.76. The Morgan fingerprint density at radius 2 is 2.40 bits per heavy atom. The van der Waals surface area contributed by atoms with Gasteiger partial charge in [-0.25, -0.2) is 0 Å². The van der Waals surface area contributed by atoms with Crippen LogP contribution >= 0.6 is 27.3 Å². The Kier molecular flexibility index (Phi) is 3.61. The fourth-order valence-corrected chi connectivity index (χ4v) is 3.72. The van der Waals surface area contributed by atoms with Crippen LogP contribution in [0, 0.1) is 11.3 Å². The second kappa shape index (κ2) is 5.40. The van der Waals surface area contributed by atoms with Crippen LogP contribution in [0.4, 0.5) is 5.00 Å². The number of aromatic nitrogens is 1. The Bertz CT molecular complexity index is 713. The van der Waals surface area contributed by atoms with Gasteiger partial charge in [-0.2, -0.15) is 5.26 Å². The van der Waals surface area contributed by atoms with Crippen molar-refractivity contribution in [3.05, 3.63) is 38.4 Å². The molecule has 0 saturated carbocycles. The van der Waals surface area contributed by atoms with Gasteiger partial charge in [0.05, 0.1) is 5.56 Å². The Morgan fingerprint density at radius 3 is 3.10 bits per heavy atom. The summed E-state index contributed by atoms with van der Waals surface area (Å²) in [5.74, 6) is -0.237. The number of H-pyrrole nitrogens is 1. The summed E-state index contributed by atoms with van der Waals surface area (Å²) in [5.41, 5.74) is 2.13. The normalized spacial score (nSPS) is 13.6. The molecular weight excluding hydrogens is 340 g/mol. The van der Waals surface area contributed by atoms with E-state index in [1.54, 1.807) is 12.3 Å². The number of hydrogen-bond acceptors (Lipinski definition) is 4. The lowest BCUT2D eigenvalue weighted by atomic mass is 10.1. The highest BCUT2D eigenvalue weighted by molar-refractivity contribution is 9.10. The molecule has 0 unspecified atom stereocenters. The minimum Gasteiger partial charge on any atom is -0.356 e. The predicted octanol–water partition coefficient (Wildman–Crippen LogP) is 2.61. The number of hydrogen-bond donors (Lipinski definition) is 3. The topological polar surface area (TPSA) is 80.7 Å². The molecule has 3 rings (SSSR count). The molecule has 0 bridgehead atoms. The molecule has 2 aromatic rings. The van der Waals surface area contributed by atoms with Crippen molar-refractivity contribution in [2.45, 2.75) is 13.0 Å². The molecule has 1 aliphatic heterocycles. The number of rotatable bonds is 2. The highest BCUT2D eigenvalue weighted by Gasteiger charge is 2.22. The van der Waals surface area contributed by atoms with E-state index in [1.165, 1.54) is 11.3 Å². The van der Waals surface area contributed by atoms with Gasteiger partial charge in [0.15, 0.2) is 0 Å². The van der Waals surface area contributed by atoms with Crippen molar-refractivity contribution < 1.29 is 4.79 Å². The van der Waals surface area contributed by atoms with Crippen LogP contribution in [0.2, 0.25) is 0 Å². The Balaban J connectivity index is 1.89. The van der Waals surface area contributed by atoms with Gasteiger partial charge >= 0.3 is 0 Å². The molecule has 20 heavy (non-hydrogen) atoms. The quantitative estimate of drug-likeness (QED) is 0.778. The third kappa shape index (κ3) is 2.38. The fourth-order valence-electron chi connectivity index (χ4n) is 2.21. The molecule has 3 heterocycles. The van der Waals surface area contributed by atoms with E-state index in [9.17, 15) is 10.1 Å². The second-order valence-electron chi connectivity index (χ2n) is 4.43. The zero-order valence-corrected chi connectivity index (χ0v) is 12.8. The van der Waals surface area contributed by atoms with Crippen LogP contribution < -0.4 is 10.6 Å². The molecular formula is C13H11BrN4OS. The van der Waals surface area contributed by atoms with Crippen LogP contribution in [0.3, 0.4) is 0 Å². The average molecular weight is 351 g/mol. The molecule has 3 N–H and O–H groups in total. The number of halogens is 1. The monoisotopic (exact) mass is 350 g/mol. The van der Waals surface area contributed by atoms with E-state index in [2.05, 4.69) is 37.6 Å². The lowest BCUT2D eigenvalue weighted by molar-refractivity contribution is 0.102. The smallest absolute Gasteiger partial charge is 0.272 e. The van der Waals surface area contributed by atoms with Gasteiger partial charge in [0.2, 0.25) is 0 Å². The Labute approximate surface area is 128 Å². The lowest BCUT2D eigenvalue weighted by Gasteiger charge is -2.11. The van der Waals surface area contributed by atoms with Crippen LogP contribution in [-0.4, -0.2) is 17.4 Å². The van der Waals surface area contributed by atoms with Crippen molar-refractivity contribution in [3.63, 3.8) is 0 Å². The number of aromatic amines is 1. The number of carbonyl (C=O) groups is 1. The van der Waals surface area contributed by atoms with E-state index in [-0.39, 0.29) is 5.91 Å². The molecule has 2 aromatic heterocycles. The summed E-state index contributed by atoms with van der Waals surface area (Å²) in [7, 11) is 0. The number of nitrogens with zero attached hydrogens (tertiary/aromatic N) is 1. The summed E-state index contributed by atoms with van der Waals surface area (Å²) in [6, 6.07) is 3.92. The Morgan fingerprint density at radius 1 is 1.55 bits per heavy atom. The third-order valence-electron chi connectivity index (χ3n) is 3.16. The molecule has 0 saturated heterocycles. The predicted molar refractivity (Wildman–Crippen MR) is 80.9 cm³/mol. The summed E-state index contributed by atoms with van der Waals surface area (Å²) in [6.07, 6.45) is 2.53. The third-order valence-corrected chi connectivity index (χ3v) is 4.76. The van der Waals surface area contributed by atoms with Crippen molar-refractivity contribution >= 4 is 38.2 Å². The number of amides is 1. The molecule has 7 heteroatoms. The molecule has 1 amide bonds. The molecule has 5 nitrogen and oxygen atoms in total. The molecule has 0 fully saturated rings. The van der Waals surface area contributed by atoms with Gasteiger partial charge in [0, 0.05) is 22.1 Å². The lowest BCUT2D eigenvalue weighted by Crippen LogP contribution is -2.22. The van der Waals surface area contributed by atoms with Gasteiger partial charge in [-0.05, 0) is 40.5 Å². The number of nitriles is 1. The van der Waals surface area contributed by atoms with Crippen LogP contribution in [0.1, 0.15) is 26.5 Å². The van der Waals surface area contributed by atoms with Crippen LogP contribution in [-0.2, 0) is 13.0 Å². The van der Waals surface area contributed by atoms with E-state index in [0.717, 1.165) is 34.4 Å². The van der Waals surface area contributed by atoms with Gasteiger partial charge in [0.25, 0.3) is 5.91 Å². The Hall–Kier alpha value is -1.62. The van der Waals surface area contributed by atoms with E-state index in [4.69, 9.17) is 0 Å². The first kappa shape index (κ1) is 13.4. The first-order valence-corrected chi connectivity index (χ1v) is 7.70. The van der Waals surface area contributed by atoms with E-state index >= 15 is 0 Å². The zero-order chi connectivity index (χ0) is 14.1. The maximum atomic E-state index is 12.1. The van der Waals surface area contributed by atoms with Crippen LogP contribution in [0.15, 0.2) is 16.7 Å². The minimum absolute atomic E-state index is 0.237. The molecule has 1 aliphatic rings. The van der Waals surface area contributed by atoms with Gasteiger partial charge < -0.3 is 15.6 Å². The minimum atomic E-state index is -0.237. The summed E-state index contributed by atoms with van der Waals surface area (Å²) < 4.78 is 0.817. The molecule has 0 aliphatic carbocycles. The van der Waals surface area contributed by atoms with Crippen LogP contribution in [0.25, 0.3) is 0 Å². The van der Waals surface area contributed by atoms with Gasteiger partial charge in [0.1, 0.15) is 16.8 Å². The van der Waals surface area contributed by atoms with E-state index < -0.39 is 0 Å². The summed E-state index contributed by atoms with van der Waals surface area (Å²) in [4.78, 5) is 16.1. The first-order chi connectivity index (χ1) is 9.69. The fraction of sp³-hybridized carbons (Fsp3) is 0.231. The highest BCUT2D eigenvalue weighted by atomic mass is 79.9. The van der Waals surface area contributed by atoms with Crippen molar-refractivity contribution in [1.29, 1.82) is 5.26 Å². The number of thiophene rings is 1. The van der Waals surface area contributed by atoms with Gasteiger partial charge in [-0.15, -0.1) is 11.3 Å². The molecule has 102 valence electrons. The number of nitrogens with one attached hydrogen (secondary N) is 3. The van der Waals surface area contributed by atoms with E-state index in [0.29, 0.717) is 16.3 Å². The molecule has 0 atom stereocenters. The van der Waals surface area contributed by atoms with Gasteiger partial charge in [-0.1, -0.05) is 0 Å². The first-order valence-electron chi connectivity index (χ1n) is 6.09.